The highest BCUT2D eigenvalue weighted by molar-refractivity contribution is 5.43. The Morgan fingerprint density at radius 2 is 1.95 bits per heavy atom. The van der Waals surface area contributed by atoms with E-state index in [9.17, 15) is 0 Å². The van der Waals surface area contributed by atoms with Crippen molar-refractivity contribution in [3.63, 3.8) is 0 Å². The molecule has 1 aromatic heterocycles. The number of aromatic nitrogens is 1. The molecule has 2 aliphatic rings. The average molecular weight is 288 g/mol. The van der Waals surface area contributed by atoms with Gasteiger partial charge in [0.1, 0.15) is 5.82 Å². The van der Waals surface area contributed by atoms with Gasteiger partial charge in [0.25, 0.3) is 0 Å². The zero-order valence-electron chi connectivity index (χ0n) is 13.2. The third-order valence-electron chi connectivity index (χ3n) is 4.58. The first-order valence-corrected chi connectivity index (χ1v) is 8.45. The van der Waals surface area contributed by atoms with Gasteiger partial charge < -0.3 is 10.6 Å². The van der Waals surface area contributed by atoms with Crippen molar-refractivity contribution in [3.8, 4) is 0 Å². The van der Waals surface area contributed by atoms with Crippen LogP contribution in [0.25, 0.3) is 0 Å². The lowest BCUT2D eigenvalue weighted by molar-refractivity contribution is 0.247. The Balaban J connectivity index is 1.64. The van der Waals surface area contributed by atoms with Gasteiger partial charge in [0.15, 0.2) is 0 Å². The van der Waals surface area contributed by atoms with Crippen LogP contribution < -0.4 is 10.6 Å². The SMILES string of the molecule is CCCc1cc(CN)cc(N2CCN(CC3CC3)CC2)n1. The van der Waals surface area contributed by atoms with E-state index < -0.39 is 0 Å². The van der Waals surface area contributed by atoms with Crippen LogP contribution in [-0.4, -0.2) is 42.6 Å². The number of hydrogen-bond donors (Lipinski definition) is 1. The maximum atomic E-state index is 5.84. The van der Waals surface area contributed by atoms with Crippen LogP contribution in [0.15, 0.2) is 12.1 Å². The van der Waals surface area contributed by atoms with E-state index in [0.29, 0.717) is 6.54 Å². The highest BCUT2D eigenvalue weighted by Gasteiger charge is 2.26. The number of aryl methyl sites for hydroxylation is 1. The molecule has 1 saturated carbocycles. The third kappa shape index (κ3) is 3.95. The van der Waals surface area contributed by atoms with Crippen LogP contribution in [0.1, 0.15) is 37.4 Å². The molecule has 0 bridgehead atoms. The molecule has 0 atom stereocenters. The number of nitrogens with zero attached hydrogens (tertiary/aromatic N) is 3. The molecular weight excluding hydrogens is 260 g/mol. The minimum atomic E-state index is 0.605. The first kappa shape index (κ1) is 14.8. The van der Waals surface area contributed by atoms with Gasteiger partial charge in [-0.1, -0.05) is 13.3 Å². The molecule has 3 rings (SSSR count). The molecule has 116 valence electrons. The van der Waals surface area contributed by atoms with E-state index >= 15 is 0 Å². The Morgan fingerprint density at radius 1 is 1.19 bits per heavy atom. The predicted molar refractivity (Wildman–Crippen MR) is 87.5 cm³/mol. The van der Waals surface area contributed by atoms with Crippen molar-refractivity contribution in [2.45, 2.75) is 39.2 Å². The number of pyridine rings is 1. The van der Waals surface area contributed by atoms with Crippen LogP contribution in [0.4, 0.5) is 5.82 Å². The summed E-state index contributed by atoms with van der Waals surface area (Å²) >= 11 is 0. The van der Waals surface area contributed by atoms with Gasteiger partial charge in [-0.15, -0.1) is 0 Å². The minimum Gasteiger partial charge on any atom is -0.354 e. The third-order valence-corrected chi connectivity index (χ3v) is 4.58. The van der Waals surface area contributed by atoms with Crippen LogP contribution in [0.5, 0.6) is 0 Å². The quantitative estimate of drug-likeness (QED) is 0.870. The molecular formula is C17H28N4. The van der Waals surface area contributed by atoms with Crippen LogP contribution in [-0.2, 0) is 13.0 Å². The van der Waals surface area contributed by atoms with Gasteiger partial charge in [-0.05, 0) is 42.9 Å². The second-order valence-electron chi connectivity index (χ2n) is 6.51. The monoisotopic (exact) mass is 288 g/mol. The van der Waals surface area contributed by atoms with Gasteiger partial charge in [-0.2, -0.15) is 0 Å². The lowest BCUT2D eigenvalue weighted by Gasteiger charge is -2.35. The number of nitrogens with two attached hydrogens (primary N) is 1. The molecule has 2 fully saturated rings. The Kier molecular flexibility index (Phi) is 4.76. The molecule has 0 spiro atoms. The van der Waals surface area contributed by atoms with E-state index in [-0.39, 0.29) is 0 Å². The van der Waals surface area contributed by atoms with Crippen LogP contribution in [0.3, 0.4) is 0 Å². The molecule has 2 N–H and O–H groups in total. The van der Waals surface area contributed by atoms with Crippen molar-refractivity contribution in [3.05, 3.63) is 23.4 Å². The smallest absolute Gasteiger partial charge is 0.129 e. The molecule has 2 heterocycles. The highest BCUT2D eigenvalue weighted by atomic mass is 15.3. The number of anilines is 1. The molecule has 4 heteroatoms. The second-order valence-corrected chi connectivity index (χ2v) is 6.51. The summed E-state index contributed by atoms with van der Waals surface area (Å²) in [6, 6.07) is 4.34. The minimum absolute atomic E-state index is 0.605. The van der Waals surface area contributed by atoms with Gasteiger partial charge in [-0.25, -0.2) is 4.98 Å². The molecule has 0 radical (unpaired) electrons. The van der Waals surface area contributed by atoms with E-state index in [4.69, 9.17) is 10.7 Å². The Morgan fingerprint density at radius 3 is 2.57 bits per heavy atom. The van der Waals surface area contributed by atoms with Crippen LogP contribution in [0.2, 0.25) is 0 Å². The Hall–Kier alpha value is -1.13. The molecule has 1 aromatic rings. The zero-order chi connectivity index (χ0) is 14.7. The number of rotatable bonds is 6. The Bertz CT molecular complexity index is 462. The lowest BCUT2D eigenvalue weighted by Crippen LogP contribution is -2.47. The average Bonchev–Trinajstić information content (AvgIpc) is 3.32. The molecule has 0 amide bonds. The topological polar surface area (TPSA) is 45.4 Å². The van der Waals surface area contributed by atoms with E-state index in [1.165, 1.54) is 43.7 Å². The molecule has 4 nitrogen and oxygen atoms in total. The molecule has 1 aliphatic heterocycles. The maximum Gasteiger partial charge on any atom is 0.129 e. The lowest BCUT2D eigenvalue weighted by atomic mass is 10.1. The fourth-order valence-electron chi connectivity index (χ4n) is 3.12. The van der Waals surface area contributed by atoms with Gasteiger partial charge >= 0.3 is 0 Å². The number of piperazine rings is 1. The van der Waals surface area contributed by atoms with E-state index in [2.05, 4.69) is 28.9 Å². The number of hydrogen-bond acceptors (Lipinski definition) is 4. The van der Waals surface area contributed by atoms with Crippen molar-refractivity contribution in [2.75, 3.05) is 37.6 Å². The summed E-state index contributed by atoms with van der Waals surface area (Å²) in [6.45, 7) is 8.66. The fourth-order valence-corrected chi connectivity index (χ4v) is 3.12. The first-order chi connectivity index (χ1) is 10.3. The van der Waals surface area contributed by atoms with Crippen molar-refractivity contribution < 1.29 is 0 Å². The van der Waals surface area contributed by atoms with Crippen LogP contribution >= 0.6 is 0 Å². The zero-order valence-corrected chi connectivity index (χ0v) is 13.2. The molecule has 0 aromatic carbocycles. The highest BCUT2D eigenvalue weighted by Crippen LogP contribution is 2.30. The standard InChI is InChI=1S/C17H28N4/c1-2-3-16-10-15(12-18)11-17(19-16)21-8-6-20(7-9-21)13-14-4-5-14/h10-11,14H,2-9,12-13,18H2,1H3. The molecule has 1 aliphatic carbocycles. The first-order valence-electron chi connectivity index (χ1n) is 8.45. The van der Waals surface area contributed by atoms with Gasteiger partial charge in [-0.3, -0.25) is 4.90 Å². The summed E-state index contributed by atoms with van der Waals surface area (Å²) in [5.74, 6) is 2.12. The molecule has 0 unspecified atom stereocenters. The van der Waals surface area contributed by atoms with Crippen molar-refractivity contribution in [1.29, 1.82) is 0 Å². The van der Waals surface area contributed by atoms with Crippen LogP contribution in [0, 0.1) is 5.92 Å². The van der Waals surface area contributed by atoms with Gasteiger partial charge in [0.2, 0.25) is 0 Å². The predicted octanol–water partition coefficient (Wildman–Crippen LogP) is 2.02. The van der Waals surface area contributed by atoms with E-state index in [1.807, 2.05) is 0 Å². The summed E-state index contributed by atoms with van der Waals surface area (Å²) in [5.41, 5.74) is 8.25. The fraction of sp³-hybridized carbons (Fsp3) is 0.706. The van der Waals surface area contributed by atoms with Crippen molar-refractivity contribution in [1.82, 2.24) is 9.88 Å². The van der Waals surface area contributed by atoms with Crippen molar-refractivity contribution in [2.24, 2.45) is 11.7 Å². The molecule has 21 heavy (non-hydrogen) atoms. The van der Waals surface area contributed by atoms with E-state index in [0.717, 1.165) is 37.7 Å². The largest absolute Gasteiger partial charge is 0.354 e. The summed E-state index contributed by atoms with van der Waals surface area (Å²) in [7, 11) is 0. The van der Waals surface area contributed by atoms with E-state index in [1.54, 1.807) is 0 Å². The summed E-state index contributed by atoms with van der Waals surface area (Å²) in [5, 5.41) is 0. The van der Waals surface area contributed by atoms with Gasteiger partial charge in [0.05, 0.1) is 0 Å². The maximum absolute atomic E-state index is 5.84. The molecule has 1 saturated heterocycles. The second kappa shape index (κ2) is 6.75. The van der Waals surface area contributed by atoms with Gasteiger partial charge in [0, 0.05) is 45.0 Å². The normalized spacial score (nSPS) is 20.0. The summed E-state index contributed by atoms with van der Waals surface area (Å²) in [4.78, 5) is 9.90. The summed E-state index contributed by atoms with van der Waals surface area (Å²) in [6.07, 6.45) is 5.07. The van der Waals surface area contributed by atoms with Crippen molar-refractivity contribution >= 4 is 5.82 Å². The Labute approximate surface area is 128 Å². The summed E-state index contributed by atoms with van der Waals surface area (Å²) < 4.78 is 0.